The lowest BCUT2D eigenvalue weighted by atomic mass is 10.1. The molecule has 0 aliphatic carbocycles. The summed E-state index contributed by atoms with van der Waals surface area (Å²) in [4.78, 5) is 10.6. The summed E-state index contributed by atoms with van der Waals surface area (Å²) in [6.07, 6.45) is -0.192. The monoisotopic (exact) mass is 252 g/mol. The summed E-state index contributed by atoms with van der Waals surface area (Å²) in [7, 11) is 0. The van der Waals surface area contributed by atoms with Crippen molar-refractivity contribution in [3.8, 4) is 11.3 Å². The lowest BCUT2D eigenvalue weighted by Gasteiger charge is -2.00. The van der Waals surface area contributed by atoms with Gasteiger partial charge >= 0.3 is 5.97 Å². The molecule has 0 saturated heterocycles. The Morgan fingerprint density at radius 3 is 2.72 bits per heavy atom. The molecule has 0 bridgehead atoms. The van der Waals surface area contributed by atoms with Crippen LogP contribution in [-0.2, 0) is 11.2 Å². The fraction of sp³-hybridized carbons (Fsp3) is 0.167. The average Bonchev–Trinajstić information content (AvgIpc) is 2.64. The van der Waals surface area contributed by atoms with E-state index in [1.165, 1.54) is 6.07 Å². The van der Waals surface area contributed by atoms with Crippen LogP contribution in [0.2, 0.25) is 0 Å². The van der Waals surface area contributed by atoms with Crippen LogP contribution in [0.25, 0.3) is 11.3 Å². The Kier molecular flexibility index (Phi) is 3.10. The van der Waals surface area contributed by atoms with Crippen molar-refractivity contribution in [3.05, 3.63) is 41.1 Å². The number of aliphatic carboxylic acids is 1. The van der Waals surface area contributed by atoms with E-state index >= 15 is 0 Å². The third-order valence-corrected chi connectivity index (χ3v) is 2.63. The number of rotatable bonds is 3. The summed E-state index contributed by atoms with van der Waals surface area (Å²) < 4.78 is 25.9. The van der Waals surface area contributed by atoms with E-state index in [0.717, 1.165) is 12.1 Å². The summed E-state index contributed by atoms with van der Waals surface area (Å²) in [5, 5.41) is 15.2. The number of nitrogens with one attached hydrogen (secondary N) is 1. The summed E-state index contributed by atoms with van der Waals surface area (Å²) in [5.74, 6) is -2.88. The molecule has 18 heavy (non-hydrogen) atoms. The molecule has 1 aromatic heterocycles. The highest BCUT2D eigenvalue weighted by atomic mass is 19.2. The number of hydrogen-bond donors (Lipinski definition) is 2. The Morgan fingerprint density at radius 1 is 1.39 bits per heavy atom. The molecule has 0 fully saturated rings. The van der Waals surface area contributed by atoms with Gasteiger partial charge in [0.2, 0.25) is 0 Å². The predicted octanol–water partition coefficient (Wildman–Crippen LogP) is 2.29. The molecule has 0 amide bonds. The van der Waals surface area contributed by atoms with Crippen LogP contribution in [0.3, 0.4) is 0 Å². The number of carboxylic acid groups (broad SMARTS) is 1. The molecule has 0 aliphatic heterocycles. The van der Waals surface area contributed by atoms with Crippen molar-refractivity contribution >= 4 is 5.97 Å². The highest BCUT2D eigenvalue weighted by molar-refractivity contribution is 5.72. The fourth-order valence-electron chi connectivity index (χ4n) is 1.68. The molecule has 4 nitrogen and oxygen atoms in total. The second-order valence-electron chi connectivity index (χ2n) is 3.88. The van der Waals surface area contributed by atoms with Crippen molar-refractivity contribution in [2.45, 2.75) is 13.3 Å². The second kappa shape index (κ2) is 4.56. The van der Waals surface area contributed by atoms with Crippen LogP contribution in [-0.4, -0.2) is 21.3 Å². The van der Waals surface area contributed by atoms with E-state index in [1.54, 1.807) is 6.92 Å². The van der Waals surface area contributed by atoms with Crippen molar-refractivity contribution in [1.29, 1.82) is 0 Å². The van der Waals surface area contributed by atoms with Gasteiger partial charge in [-0.25, -0.2) is 8.78 Å². The number of hydrogen-bond acceptors (Lipinski definition) is 2. The molecule has 0 radical (unpaired) electrons. The van der Waals surface area contributed by atoms with Crippen LogP contribution >= 0.6 is 0 Å². The van der Waals surface area contributed by atoms with Crippen LogP contribution in [0.5, 0.6) is 0 Å². The normalized spacial score (nSPS) is 10.6. The van der Waals surface area contributed by atoms with Gasteiger partial charge in [0.15, 0.2) is 11.6 Å². The van der Waals surface area contributed by atoms with Gasteiger partial charge < -0.3 is 5.11 Å². The summed E-state index contributed by atoms with van der Waals surface area (Å²) >= 11 is 0. The average molecular weight is 252 g/mol. The topological polar surface area (TPSA) is 66.0 Å². The Bertz CT molecular complexity index is 608. The molecule has 1 aromatic carbocycles. The first-order valence-corrected chi connectivity index (χ1v) is 5.20. The molecule has 94 valence electrons. The van der Waals surface area contributed by atoms with Gasteiger partial charge in [-0.15, -0.1) is 0 Å². The van der Waals surface area contributed by atoms with Crippen molar-refractivity contribution in [2.75, 3.05) is 0 Å². The van der Waals surface area contributed by atoms with Gasteiger partial charge in [0.1, 0.15) is 0 Å². The first kappa shape index (κ1) is 12.2. The second-order valence-corrected chi connectivity index (χ2v) is 3.88. The van der Waals surface area contributed by atoms with Crippen molar-refractivity contribution < 1.29 is 18.7 Å². The molecule has 0 spiro atoms. The number of halogens is 2. The zero-order valence-electron chi connectivity index (χ0n) is 9.50. The highest BCUT2D eigenvalue weighted by Crippen LogP contribution is 2.24. The summed E-state index contributed by atoms with van der Waals surface area (Å²) in [6, 6.07) is 3.44. The van der Waals surface area contributed by atoms with E-state index in [1.807, 2.05) is 0 Å². The van der Waals surface area contributed by atoms with Crippen molar-refractivity contribution in [2.24, 2.45) is 0 Å². The van der Waals surface area contributed by atoms with Gasteiger partial charge in [0.25, 0.3) is 0 Å². The van der Waals surface area contributed by atoms with Crippen LogP contribution in [0.4, 0.5) is 8.78 Å². The SMILES string of the molecule is Cc1c(-c2ccc(F)c(F)c2)n[nH]c1CC(=O)O. The maximum Gasteiger partial charge on any atom is 0.309 e. The van der Waals surface area contributed by atoms with Crippen molar-refractivity contribution in [1.82, 2.24) is 10.2 Å². The minimum Gasteiger partial charge on any atom is -0.481 e. The molecule has 2 N–H and O–H groups in total. The number of aromatic amines is 1. The van der Waals surface area contributed by atoms with Gasteiger partial charge in [0, 0.05) is 11.3 Å². The lowest BCUT2D eigenvalue weighted by molar-refractivity contribution is -0.136. The Morgan fingerprint density at radius 2 is 2.11 bits per heavy atom. The standard InChI is InChI=1S/C12H10F2N2O2/c1-6-10(5-11(17)18)15-16-12(6)7-2-3-8(13)9(14)4-7/h2-4H,5H2,1H3,(H,15,16)(H,17,18). The lowest BCUT2D eigenvalue weighted by Crippen LogP contribution is -2.01. The number of aromatic nitrogens is 2. The molecule has 0 unspecified atom stereocenters. The first-order valence-electron chi connectivity index (χ1n) is 5.20. The molecular weight excluding hydrogens is 242 g/mol. The summed E-state index contributed by atoms with van der Waals surface area (Å²) in [5.41, 5.74) is 1.88. The van der Waals surface area contributed by atoms with E-state index in [9.17, 15) is 13.6 Å². The van der Waals surface area contributed by atoms with E-state index in [-0.39, 0.29) is 6.42 Å². The zero-order chi connectivity index (χ0) is 13.3. The van der Waals surface area contributed by atoms with E-state index < -0.39 is 17.6 Å². The highest BCUT2D eigenvalue weighted by Gasteiger charge is 2.14. The van der Waals surface area contributed by atoms with Crippen molar-refractivity contribution in [3.63, 3.8) is 0 Å². The molecule has 6 heteroatoms. The molecule has 0 atom stereocenters. The number of H-pyrrole nitrogens is 1. The molecule has 0 aliphatic rings. The third kappa shape index (κ3) is 2.22. The third-order valence-electron chi connectivity index (χ3n) is 2.63. The molecule has 0 saturated carbocycles. The molecular formula is C12H10F2N2O2. The fourth-order valence-corrected chi connectivity index (χ4v) is 1.68. The molecule has 2 aromatic rings. The minimum atomic E-state index is -0.987. The molecule has 1 heterocycles. The number of nitrogens with zero attached hydrogens (tertiary/aromatic N) is 1. The van der Waals surface area contributed by atoms with Gasteiger partial charge in [-0.1, -0.05) is 0 Å². The quantitative estimate of drug-likeness (QED) is 0.880. The Balaban J connectivity index is 2.42. The number of carboxylic acids is 1. The van der Waals surface area contributed by atoms with Gasteiger partial charge in [-0.05, 0) is 30.7 Å². The number of carbonyl (C=O) groups is 1. The van der Waals surface area contributed by atoms with E-state index in [4.69, 9.17) is 5.11 Å². The Labute approximate surface area is 101 Å². The Hall–Kier alpha value is -2.24. The zero-order valence-corrected chi connectivity index (χ0v) is 9.50. The number of benzene rings is 1. The van der Waals surface area contributed by atoms with Crippen LogP contribution in [0, 0.1) is 18.6 Å². The van der Waals surface area contributed by atoms with Crippen LogP contribution in [0.1, 0.15) is 11.3 Å². The van der Waals surface area contributed by atoms with Gasteiger partial charge in [-0.2, -0.15) is 5.10 Å². The van der Waals surface area contributed by atoms with Crippen LogP contribution in [0.15, 0.2) is 18.2 Å². The minimum absolute atomic E-state index is 0.192. The van der Waals surface area contributed by atoms with Gasteiger partial charge in [-0.3, -0.25) is 9.89 Å². The van der Waals surface area contributed by atoms with Crippen LogP contribution < -0.4 is 0 Å². The predicted molar refractivity (Wildman–Crippen MR) is 60.0 cm³/mol. The van der Waals surface area contributed by atoms with E-state index in [0.29, 0.717) is 22.5 Å². The maximum atomic E-state index is 13.1. The summed E-state index contributed by atoms with van der Waals surface area (Å²) in [6.45, 7) is 1.68. The van der Waals surface area contributed by atoms with Gasteiger partial charge in [0.05, 0.1) is 12.1 Å². The maximum absolute atomic E-state index is 13.1. The van der Waals surface area contributed by atoms with E-state index in [2.05, 4.69) is 10.2 Å². The smallest absolute Gasteiger partial charge is 0.309 e. The first-order chi connectivity index (χ1) is 8.49. The molecule has 2 rings (SSSR count). The largest absolute Gasteiger partial charge is 0.481 e.